The molecule has 0 aromatic rings. The van der Waals surface area contributed by atoms with Crippen LogP contribution in [-0.4, -0.2) is 71.4 Å². The Balaban J connectivity index is 6.28. The largest absolute Gasteiger partial charge is 0.460 e. The van der Waals surface area contributed by atoms with Crippen molar-refractivity contribution in [1.82, 2.24) is 0 Å². The average Bonchev–Trinajstić information content (AvgIpc) is 2.69. The highest BCUT2D eigenvalue weighted by Gasteiger charge is 2.95. The minimum Gasteiger partial charge on any atom is -0.460 e. The number of hydrogen-bond donors (Lipinski definition) is 1. The van der Waals surface area contributed by atoms with Crippen LogP contribution in [0.2, 0.25) is 0 Å². The fourth-order valence-electron chi connectivity index (χ4n) is 2.10. The van der Waals surface area contributed by atoms with Gasteiger partial charge in [-0.3, -0.25) is 0 Å². The number of hydrogen-bond acceptors (Lipinski definition) is 3. The van der Waals surface area contributed by atoms with E-state index in [1.165, 1.54) is 6.92 Å². The van der Waals surface area contributed by atoms with Crippen LogP contribution in [0.5, 0.6) is 0 Å². The van der Waals surface area contributed by atoms with E-state index in [9.17, 15) is 79.4 Å². The summed E-state index contributed by atoms with van der Waals surface area (Å²) in [5, 5.41) is 9.16. The molecule has 0 saturated heterocycles. The van der Waals surface area contributed by atoms with Crippen molar-refractivity contribution < 1.29 is 89.3 Å². The summed E-state index contributed by atoms with van der Waals surface area (Å²) in [6.07, 6.45) is -14.2. The van der Waals surface area contributed by atoms with Crippen LogP contribution < -0.4 is 0 Å². The molecule has 0 rings (SSSR count). The van der Waals surface area contributed by atoms with Gasteiger partial charge in [0.2, 0.25) is 0 Å². The SMILES string of the molecule is C=C(CC)C(=O)OCC(O)CC(F)(F)C(F)(F)C(F)(F)C(F)(F)C(F)(F)C(F)(F)C(F)(F)C(F)(F)F. The molecule has 0 aromatic carbocycles. The van der Waals surface area contributed by atoms with E-state index in [1.807, 2.05) is 0 Å². The number of aliphatic hydroxyl groups is 1. The fourth-order valence-corrected chi connectivity index (χ4v) is 2.10. The highest BCUT2D eigenvalue weighted by atomic mass is 19.4. The zero-order chi connectivity index (χ0) is 29.6. The molecule has 214 valence electrons. The van der Waals surface area contributed by atoms with Crippen LogP contribution in [0.3, 0.4) is 0 Å². The quantitative estimate of drug-likeness (QED) is 0.170. The number of ether oxygens (including phenoxy) is 1. The van der Waals surface area contributed by atoms with Gasteiger partial charge in [-0.25, -0.2) is 4.79 Å². The van der Waals surface area contributed by atoms with Crippen LogP contribution >= 0.6 is 0 Å². The number of aliphatic hydroxyl groups excluding tert-OH is 1. The Kier molecular flexibility index (Phi) is 9.15. The molecule has 0 heterocycles. The Bertz CT molecular complexity index is 815. The summed E-state index contributed by atoms with van der Waals surface area (Å²) in [4.78, 5) is 11.2. The van der Waals surface area contributed by atoms with Crippen molar-refractivity contribution in [3.63, 3.8) is 0 Å². The lowest BCUT2D eigenvalue weighted by Gasteiger charge is -2.43. The molecule has 20 heteroatoms. The summed E-state index contributed by atoms with van der Waals surface area (Å²) in [6.45, 7) is 2.58. The van der Waals surface area contributed by atoms with Gasteiger partial charge in [-0.05, 0) is 6.42 Å². The molecule has 0 amide bonds. The van der Waals surface area contributed by atoms with Gasteiger partial charge in [-0.15, -0.1) is 0 Å². The normalized spacial score (nSPS) is 16.1. The molecule has 0 aromatic heterocycles. The second-order valence-corrected chi connectivity index (χ2v) is 7.06. The van der Waals surface area contributed by atoms with Crippen molar-refractivity contribution in [3.05, 3.63) is 12.2 Å². The first kappa shape index (κ1) is 34.0. The van der Waals surface area contributed by atoms with E-state index in [2.05, 4.69) is 11.3 Å². The van der Waals surface area contributed by atoms with Crippen molar-refractivity contribution in [2.24, 2.45) is 0 Å². The van der Waals surface area contributed by atoms with Gasteiger partial charge in [0.15, 0.2) is 0 Å². The molecular weight excluding hydrogens is 563 g/mol. The van der Waals surface area contributed by atoms with Gasteiger partial charge in [0, 0.05) is 12.0 Å². The third kappa shape index (κ3) is 5.18. The van der Waals surface area contributed by atoms with E-state index < -0.39 is 78.3 Å². The van der Waals surface area contributed by atoms with E-state index in [0.29, 0.717) is 0 Å². The van der Waals surface area contributed by atoms with Crippen molar-refractivity contribution in [3.8, 4) is 0 Å². The van der Waals surface area contributed by atoms with Gasteiger partial charge in [-0.1, -0.05) is 13.5 Å². The summed E-state index contributed by atoms with van der Waals surface area (Å²) >= 11 is 0. The molecule has 1 atom stereocenters. The maximum atomic E-state index is 13.7. The number of carbonyl (C=O) groups excluding carboxylic acids is 1. The van der Waals surface area contributed by atoms with Gasteiger partial charge >= 0.3 is 53.6 Å². The Hall–Kier alpha value is -2.02. The number of carbonyl (C=O) groups is 1. The van der Waals surface area contributed by atoms with Crippen molar-refractivity contribution >= 4 is 5.97 Å². The van der Waals surface area contributed by atoms with Gasteiger partial charge in [-0.2, -0.15) is 74.6 Å². The summed E-state index contributed by atoms with van der Waals surface area (Å²) in [5.41, 5.74) is -0.413. The van der Waals surface area contributed by atoms with E-state index in [4.69, 9.17) is 5.11 Å². The molecule has 0 saturated carbocycles. The van der Waals surface area contributed by atoms with Crippen molar-refractivity contribution in [2.75, 3.05) is 6.61 Å². The minimum atomic E-state index is -8.73. The molecule has 0 bridgehead atoms. The smallest absolute Gasteiger partial charge is 0.460 e. The highest BCUT2D eigenvalue weighted by molar-refractivity contribution is 5.87. The molecule has 0 radical (unpaired) electrons. The highest BCUT2D eigenvalue weighted by Crippen LogP contribution is 2.64. The first-order valence-corrected chi connectivity index (χ1v) is 8.75. The molecule has 36 heavy (non-hydrogen) atoms. The van der Waals surface area contributed by atoms with Crippen LogP contribution in [-0.2, 0) is 9.53 Å². The predicted molar refractivity (Wildman–Crippen MR) is 81.7 cm³/mol. The van der Waals surface area contributed by atoms with E-state index >= 15 is 0 Å². The third-order valence-corrected chi connectivity index (χ3v) is 4.40. The molecule has 3 nitrogen and oxygen atoms in total. The zero-order valence-corrected chi connectivity index (χ0v) is 17.1. The fraction of sp³-hybridized carbons (Fsp3) is 0.812. The number of esters is 1. The summed E-state index contributed by atoms with van der Waals surface area (Å²) in [6, 6.07) is 0. The second-order valence-electron chi connectivity index (χ2n) is 7.06. The first-order valence-electron chi connectivity index (χ1n) is 8.75. The third-order valence-electron chi connectivity index (χ3n) is 4.40. The predicted octanol–water partition coefficient (Wildman–Crippen LogP) is 6.26. The van der Waals surface area contributed by atoms with Crippen LogP contribution in [0.25, 0.3) is 0 Å². The van der Waals surface area contributed by atoms with E-state index in [1.54, 1.807) is 0 Å². The van der Waals surface area contributed by atoms with Gasteiger partial charge < -0.3 is 9.84 Å². The lowest BCUT2D eigenvalue weighted by molar-refractivity contribution is -0.462. The lowest BCUT2D eigenvalue weighted by atomic mass is 9.88. The number of alkyl halides is 17. The summed E-state index contributed by atoms with van der Waals surface area (Å²) in [7, 11) is 0. The first-order chi connectivity index (χ1) is 15.5. The second kappa shape index (κ2) is 9.70. The van der Waals surface area contributed by atoms with E-state index in [0.717, 1.165) is 0 Å². The molecule has 0 aliphatic heterocycles. The minimum absolute atomic E-state index is 0.156. The lowest BCUT2D eigenvalue weighted by Crippen LogP contribution is -2.74. The average molecular weight is 576 g/mol. The molecule has 0 aliphatic rings. The van der Waals surface area contributed by atoms with Crippen LogP contribution in [0.15, 0.2) is 12.2 Å². The molecule has 1 unspecified atom stereocenters. The van der Waals surface area contributed by atoms with Crippen molar-refractivity contribution in [1.29, 1.82) is 0 Å². The topological polar surface area (TPSA) is 46.5 Å². The summed E-state index contributed by atoms with van der Waals surface area (Å²) in [5.74, 6) is -58.8. The summed E-state index contributed by atoms with van der Waals surface area (Å²) < 4.78 is 227. The molecular formula is C16H13F17O3. The Morgan fingerprint density at radius 1 is 0.694 bits per heavy atom. The van der Waals surface area contributed by atoms with Crippen LogP contribution in [0.1, 0.15) is 19.8 Å². The molecule has 0 aliphatic carbocycles. The monoisotopic (exact) mass is 576 g/mol. The standard InChI is InChI=1S/C16H13F17O3/c1-3-6(2)8(35)36-5-7(34)4-9(17,18)10(19,20)11(21,22)12(23,24)13(25,26)14(27,28)15(29,30)16(31,32)33/h7,34H,2-5H2,1H3. The maximum Gasteiger partial charge on any atom is 0.460 e. The Labute approximate surface area is 188 Å². The van der Waals surface area contributed by atoms with Gasteiger partial charge in [0.1, 0.15) is 6.61 Å². The number of rotatable bonds is 12. The maximum absolute atomic E-state index is 13.7. The van der Waals surface area contributed by atoms with Crippen molar-refractivity contribution in [2.45, 2.75) is 73.5 Å². The van der Waals surface area contributed by atoms with Gasteiger partial charge in [0.25, 0.3) is 0 Å². The van der Waals surface area contributed by atoms with E-state index in [-0.39, 0.29) is 6.42 Å². The molecule has 0 spiro atoms. The van der Waals surface area contributed by atoms with Crippen LogP contribution in [0, 0.1) is 0 Å². The molecule has 1 N–H and O–H groups in total. The Morgan fingerprint density at radius 2 is 1.03 bits per heavy atom. The van der Waals surface area contributed by atoms with Gasteiger partial charge in [0.05, 0.1) is 6.10 Å². The Morgan fingerprint density at radius 3 is 1.36 bits per heavy atom. The zero-order valence-electron chi connectivity index (χ0n) is 17.1. The number of halogens is 17. The molecule has 0 fully saturated rings. The van der Waals surface area contributed by atoms with Crippen LogP contribution in [0.4, 0.5) is 74.6 Å².